The lowest BCUT2D eigenvalue weighted by atomic mass is 9.89. The van der Waals surface area contributed by atoms with E-state index in [-0.39, 0.29) is 11.8 Å². The van der Waals surface area contributed by atoms with Gasteiger partial charge in [0.1, 0.15) is 17.8 Å². The number of hydrogen-bond acceptors (Lipinski definition) is 4. The summed E-state index contributed by atoms with van der Waals surface area (Å²) in [6.07, 6.45) is 2.17. The van der Waals surface area contributed by atoms with E-state index < -0.39 is 18.1 Å². The van der Waals surface area contributed by atoms with Crippen LogP contribution >= 0.6 is 0 Å². The van der Waals surface area contributed by atoms with Crippen LogP contribution in [0.15, 0.2) is 72.8 Å². The Bertz CT molecular complexity index is 1590. The summed E-state index contributed by atoms with van der Waals surface area (Å²) in [6.45, 7) is 2.58. The Morgan fingerprint density at radius 1 is 1.05 bits per heavy atom. The molecule has 4 amide bonds. The number of benzene rings is 3. The molecule has 1 aromatic heterocycles. The molecule has 39 heavy (non-hydrogen) atoms. The van der Waals surface area contributed by atoms with Crippen LogP contribution < -0.4 is 15.0 Å². The van der Waals surface area contributed by atoms with Crippen molar-refractivity contribution in [1.82, 2.24) is 15.2 Å². The summed E-state index contributed by atoms with van der Waals surface area (Å²) in [5, 5.41) is 3.95. The van der Waals surface area contributed by atoms with Crippen LogP contribution in [0, 0.1) is 0 Å². The number of H-pyrrole nitrogens is 1. The zero-order valence-electron chi connectivity index (χ0n) is 21.9. The molecule has 3 aromatic carbocycles. The third-order valence-corrected chi connectivity index (χ3v) is 7.66. The first kappa shape index (κ1) is 24.7. The van der Waals surface area contributed by atoms with Gasteiger partial charge < -0.3 is 15.0 Å². The van der Waals surface area contributed by atoms with Gasteiger partial charge >= 0.3 is 6.03 Å². The van der Waals surface area contributed by atoms with Crippen LogP contribution in [0.3, 0.4) is 0 Å². The van der Waals surface area contributed by atoms with Crippen molar-refractivity contribution >= 4 is 34.4 Å². The van der Waals surface area contributed by atoms with Crippen LogP contribution in [0.4, 0.5) is 10.5 Å². The fourth-order valence-corrected chi connectivity index (χ4v) is 5.79. The number of carbonyl (C=O) groups excluding carboxylic acids is 3. The monoisotopic (exact) mass is 522 g/mol. The van der Waals surface area contributed by atoms with Crippen molar-refractivity contribution in [2.75, 3.05) is 18.6 Å². The predicted octanol–water partition coefficient (Wildman–Crippen LogP) is 5.19. The summed E-state index contributed by atoms with van der Waals surface area (Å²) in [5.41, 5.74) is 4.30. The molecule has 2 aliphatic heterocycles. The van der Waals surface area contributed by atoms with E-state index in [0.717, 1.165) is 40.6 Å². The minimum Gasteiger partial charge on any atom is -0.497 e. The first-order chi connectivity index (χ1) is 19.0. The summed E-state index contributed by atoms with van der Waals surface area (Å²) in [5.74, 6) is 0.0268. The standard InChI is InChI=1S/C31H30N4O4/c1-3-4-16-32-29(36)22-13-6-8-15-25(22)35-30(37)26-18-23-21-12-5-7-14-24(21)33-27(23)28(34(26)31(35)38)19-10-9-11-20(17-19)39-2/h5-15,17,26,28,33H,3-4,16,18H2,1-2H3,(H,32,36)/t26-,28+/m0/s1. The largest absolute Gasteiger partial charge is 0.497 e. The van der Waals surface area contributed by atoms with Gasteiger partial charge in [0.25, 0.3) is 11.8 Å². The Balaban J connectivity index is 1.46. The van der Waals surface area contributed by atoms with E-state index in [4.69, 9.17) is 4.74 Å². The number of aromatic nitrogens is 1. The van der Waals surface area contributed by atoms with Gasteiger partial charge in [-0.15, -0.1) is 0 Å². The van der Waals surface area contributed by atoms with Gasteiger partial charge in [-0.25, -0.2) is 9.69 Å². The summed E-state index contributed by atoms with van der Waals surface area (Å²) in [4.78, 5) is 47.7. The highest BCUT2D eigenvalue weighted by Crippen LogP contribution is 2.45. The van der Waals surface area contributed by atoms with Gasteiger partial charge in [0, 0.05) is 29.6 Å². The van der Waals surface area contributed by atoms with E-state index in [1.54, 1.807) is 36.3 Å². The van der Waals surface area contributed by atoms with E-state index in [1.165, 1.54) is 4.90 Å². The molecule has 2 N–H and O–H groups in total. The minimum absolute atomic E-state index is 0.300. The van der Waals surface area contributed by atoms with Crippen LogP contribution in [0.2, 0.25) is 0 Å². The number of carbonyl (C=O) groups is 3. The normalized spacial score (nSPS) is 18.3. The fraction of sp³-hybridized carbons (Fsp3) is 0.258. The summed E-state index contributed by atoms with van der Waals surface area (Å²) < 4.78 is 5.49. The van der Waals surface area contributed by atoms with Crippen molar-refractivity contribution < 1.29 is 19.1 Å². The molecule has 0 unspecified atom stereocenters. The lowest BCUT2D eigenvalue weighted by molar-refractivity contribution is -0.120. The molecule has 8 heteroatoms. The van der Waals surface area contributed by atoms with E-state index in [9.17, 15) is 14.4 Å². The third kappa shape index (κ3) is 4.03. The summed E-state index contributed by atoms with van der Waals surface area (Å²) >= 11 is 0. The number of nitrogens with one attached hydrogen (secondary N) is 2. The quantitative estimate of drug-likeness (QED) is 0.258. The number of hydrogen-bond donors (Lipinski definition) is 2. The molecular formula is C31H30N4O4. The first-order valence-electron chi connectivity index (χ1n) is 13.3. The number of urea groups is 1. The molecule has 8 nitrogen and oxygen atoms in total. The molecule has 2 aliphatic rings. The van der Waals surface area contributed by atoms with Crippen molar-refractivity contribution in [2.45, 2.75) is 38.3 Å². The molecule has 4 aromatic rings. The van der Waals surface area contributed by atoms with Gasteiger partial charge in [0.05, 0.1) is 18.4 Å². The number of nitrogens with zero attached hydrogens (tertiary/aromatic N) is 2. The number of ether oxygens (including phenoxy) is 1. The van der Waals surface area contributed by atoms with Crippen LogP contribution in [0.25, 0.3) is 10.9 Å². The maximum absolute atomic E-state index is 14.2. The van der Waals surface area contributed by atoms with Gasteiger partial charge in [-0.05, 0) is 47.9 Å². The number of unbranched alkanes of at least 4 members (excludes halogenated alkanes) is 1. The molecule has 198 valence electrons. The number of amides is 4. The van der Waals surface area contributed by atoms with Crippen LogP contribution in [0.5, 0.6) is 5.75 Å². The number of para-hydroxylation sites is 2. The van der Waals surface area contributed by atoms with Crippen molar-refractivity contribution in [3.63, 3.8) is 0 Å². The SMILES string of the molecule is CCCCNC(=O)c1ccccc1N1C(=O)[C@@H]2Cc3c([nH]c4ccccc34)[C@@H](c3cccc(OC)c3)N2C1=O. The molecule has 1 saturated heterocycles. The van der Waals surface area contributed by atoms with Crippen LogP contribution in [0.1, 0.15) is 53.0 Å². The molecule has 6 rings (SSSR count). The second kappa shape index (κ2) is 9.94. The fourth-order valence-electron chi connectivity index (χ4n) is 5.79. The van der Waals surface area contributed by atoms with Crippen molar-refractivity contribution in [3.05, 3.63) is 95.2 Å². The van der Waals surface area contributed by atoms with E-state index in [0.29, 0.717) is 30.0 Å². The minimum atomic E-state index is -0.711. The topological polar surface area (TPSA) is 94.7 Å². The maximum Gasteiger partial charge on any atom is 0.332 e. The second-order valence-electron chi connectivity index (χ2n) is 9.95. The number of methoxy groups -OCH3 is 1. The molecule has 0 bridgehead atoms. The van der Waals surface area contributed by atoms with Crippen LogP contribution in [-0.4, -0.2) is 47.4 Å². The molecule has 1 fully saturated rings. The zero-order valence-corrected chi connectivity index (χ0v) is 21.9. The number of anilines is 1. The predicted molar refractivity (Wildman–Crippen MR) is 149 cm³/mol. The van der Waals surface area contributed by atoms with E-state index in [2.05, 4.69) is 17.2 Å². The van der Waals surface area contributed by atoms with E-state index >= 15 is 0 Å². The van der Waals surface area contributed by atoms with Gasteiger partial charge in [-0.2, -0.15) is 0 Å². The Morgan fingerprint density at radius 3 is 2.67 bits per heavy atom. The van der Waals surface area contributed by atoms with Gasteiger partial charge in [0.2, 0.25) is 0 Å². The summed E-state index contributed by atoms with van der Waals surface area (Å²) in [7, 11) is 1.60. The second-order valence-corrected chi connectivity index (χ2v) is 9.95. The average Bonchev–Trinajstić information content (AvgIpc) is 3.46. The smallest absolute Gasteiger partial charge is 0.332 e. The lowest BCUT2D eigenvalue weighted by Crippen LogP contribution is -2.44. The van der Waals surface area contributed by atoms with E-state index in [1.807, 2.05) is 48.5 Å². The van der Waals surface area contributed by atoms with Crippen molar-refractivity contribution in [2.24, 2.45) is 0 Å². The number of imide groups is 1. The number of fused-ring (bicyclic) bond motifs is 4. The lowest BCUT2D eigenvalue weighted by Gasteiger charge is -2.36. The highest BCUT2D eigenvalue weighted by molar-refractivity contribution is 6.24. The highest BCUT2D eigenvalue weighted by atomic mass is 16.5. The van der Waals surface area contributed by atoms with Crippen molar-refractivity contribution in [3.8, 4) is 5.75 Å². The Morgan fingerprint density at radius 2 is 1.85 bits per heavy atom. The third-order valence-electron chi connectivity index (χ3n) is 7.66. The zero-order chi connectivity index (χ0) is 27.1. The van der Waals surface area contributed by atoms with Gasteiger partial charge in [-0.1, -0.05) is 55.8 Å². The average molecular weight is 523 g/mol. The van der Waals surface area contributed by atoms with Gasteiger partial charge in [0.15, 0.2) is 0 Å². The molecule has 2 atom stereocenters. The Kier molecular flexibility index (Phi) is 6.30. The maximum atomic E-state index is 14.2. The molecular weight excluding hydrogens is 492 g/mol. The highest BCUT2D eigenvalue weighted by Gasteiger charge is 2.53. The van der Waals surface area contributed by atoms with Crippen molar-refractivity contribution in [1.29, 1.82) is 0 Å². The number of rotatable bonds is 7. The molecule has 0 aliphatic carbocycles. The molecule has 0 radical (unpaired) electrons. The Hall–Kier alpha value is -4.59. The number of aromatic amines is 1. The molecule has 0 spiro atoms. The first-order valence-corrected chi connectivity index (χ1v) is 13.3. The molecule has 3 heterocycles. The van der Waals surface area contributed by atoms with Gasteiger partial charge in [-0.3, -0.25) is 14.5 Å². The van der Waals surface area contributed by atoms with Crippen LogP contribution in [-0.2, 0) is 11.2 Å². The molecule has 0 saturated carbocycles. The Labute approximate surface area is 226 Å². The summed E-state index contributed by atoms with van der Waals surface area (Å²) in [6, 6.07) is 20.7.